The summed E-state index contributed by atoms with van der Waals surface area (Å²) in [6, 6.07) is 0.906. The molecular weight excluding hydrogens is 326 g/mol. The van der Waals surface area contributed by atoms with Crippen molar-refractivity contribution >= 4 is 28.6 Å². The molecule has 0 bridgehead atoms. The van der Waals surface area contributed by atoms with Gasteiger partial charge in [0.15, 0.2) is 0 Å². The number of carbonyl (C=O) groups is 1. The standard InChI is InChI=1S/C8H5F3INO2/c9-7(10)4-1-3(2-5(14)15)13-8(11)6(4)12/h1,7H,2H2,(H,14,15). The minimum absolute atomic E-state index is 0.212. The molecule has 1 rings (SSSR count). The molecule has 0 aliphatic carbocycles. The number of rotatable bonds is 3. The second kappa shape index (κ2) is 4.77. The van der Waals surface area contributed by atoms with Crippen LogP contribution in [0.3, 0.4) is 0 Å². The van der Waals surface area contributed by atoms with Crippen LogP contribution >= 0.6 is 22.6 Å². The minimum atomic E-state index is -2.85. The molecule has 0 radical (unpaired) electrons. The molecule has 0 atom stereocenters. The number of pyridine rings is 1. The fraction of sp³-hybridized carbons (Fsp3) is 0.250. The lowest BCUT2D eigenvalue weighted by Crippen LogP contribution is -2.07. The Morgan fingerprint density at radius 3 is 2.67 bits per heavy atom. The van der Waals surface area contributed by atoms with Crippen molar-refractivity contribution in [3.63, 3.8) is 0 Å². The normalized spacial score (nSPS) is 10.7. The Hall–Kier alpha value is -0.860. The highest BCUT2D eigenvalue weighted by atomic mass is 127. The first-order chi connectivity index (χ1) is 6.91. The van der Waals surface area contributed by atoms with E-state index in [9.17, 15) is 18.0 Å². The van der Waals surface area contributed by atoms with Crippen molar-refractivity contribution in [1.82, 2.24) is 4.98 Å². The summed E-state index contributed by atoms with van der Waals surface area (Å²) in [7, 11) is 0. The van der Waals surface area contributed by atoms with E-state index in [-0.39, 0.29) is 9.26 Å². The van der Waals surface area contributed by atoms with Gasteiger partial charge >= 0.3 is 5.97 Å². The minimum Gasteiger partial charge on any atom is -0.481 e. The van der Waals surface area contributed by atoms with Crippen molar-refractivity contribution < 1.29 is 23.1 Å². The zero-order valence-corrected chi connectivity index (χ0v) is 9.33. The number of nitrogens with zero attached hydrogens (tertiary/aromatic N) is 1. The lowest BCUT2D eigenvalue weighted by molar-refractivity contribution is -0.136. The molecule has 0 spiro atoms. The Bertz CT molecular complexity index is 398. The van der Waals surface area contributed by atoms with Gasteiger partial charge in [0.25, 0.3) is 6.43 Å². The predicted octanol–water partition coefficient (Wildman–Crippen LogP) is 2.39. The molecule has 0 amide bonds. The van der Waals surface area contributed by atoms with Gasteiger partial charge in [0.2, 0.25) is 5.95 Å². The lowest BCUT2D eigenvalue weighted by Gasteiger charge is -2.06. The Morgan fingerprint density at radius 1 is 1.60 bits per heavy atom. The van der Waals surface area contributed by atoms with Crippen molar-refractivity contribution in [3.05, 3.63) is 26.8 Å². The van der Waals surface area contributed by atoms with E-state index in [1.165, 1.54) is 22.6 Å². The summed E-state index contributed by atoms with van der Waals surface area (Å²) in [5.74, 6) is -2.31. The van der Waals surface area contributed by atoms with Crippen LogP contribution < -0.4 is 0 Å². The summed E-state index contributed by atoms with van der Waals surface area (Å²) in [6.45, 7) is 0. The summed E-state index contributed by atoms with van der Waals surface area (Å²) in [5, 5.41) is 8.40. The second-order valence-electron chi connectivity index (χ2n) is 2.68. The Morgan fingerprint density at radius 2 is 2.20 bits per heavy atom. The molecular formula is C8H5F3INO2. The third kappa shape index (κ3) is 3.05. The summed E-state index contributed by atoms with van der Waals surface area (Å²) >= 11 is 1.41. The van der Waals surface area contributed by atoms with Crippen LogP contribution in [0.4, 0.5) is 13.2 Å². The SMILES string of the molecule is O=C(O)Cc1cc(C(F)F)c(I)c(F)n1. The summed E-state index contributed by atoms with van der Waals surface area (Å²) in [6.07, 6.45) is -3.42. The molecule has 3 nitrogen and oxygen atoms in total. The van der Waals surface area contributed by atoms with Crippen molar-refractivity contribution in [2.24, 2.45) is 0 Å². The van der Waals surface area contributed by atoms with Crippen LogP contribution in [-0.2, 0) is 11.2 Å². The first kappa shape index (κ1) is 12.2. The highest BCUT2D eigenvalue weighted by Gasteiger charge is 2.18. The molecule has 0 unspecified atom stereocenters. The van der Waals surface area contributed by atoms with Gasteiger partial charge < -0.3 is 5.11 Å². The van der Waals surface area contributed by atoms with E-state index >= 15 is 0 Å². The number of hydrogen-bond acceptors (Lipinski definition) is 2. The molecule has 0 aliphatic rings. The van der Waals surface area contributed by atoms with Crippen LogP contribution in [0.2, 0.25) is 0 Å². The van der Waals surface area contributed by atoms with Crippen molar-refractivity contribution in [3.8, 4) is 0 Å². The van der Waals surface area contributed by atoms with Crippen LogP contribution in [-0.4, -0.2) is 16.1 Å². The van der Waals surface area contributed by atoms with Gasteiger partial charge in [-0.15, -0.1) is 0 Å². The predicted molar refractivity (Wildman–Crippen MR) is 53.2 cm³/mol. The Balaban J connectivity index is 3.17. The number of aromatic nitrogens is 1. The van der Waals surface area contributed by atoms with E-state index in [1.807, 2.05) is 0 Å². The van der Waals surface area contributed by atoms with Crippen LogP contribution in [0.1, 0.15) is 17.7 Å². The number of carboxylic acid groups (broad SMARTS) is 1. The van der Waals surface area contributed by atoms with E-state index in [4.69, 9.17) is 5.11 Å². The fourth-order valence-electron chi connectivity index (χ4n) is 0.974. The van der Waals surface area contributed by atoms with Gasteiger partial charge in [0, 0.05) is 5.56 Å². The number of hydrogen-bond donors (Lipinski definition) is 1. The third-order valence-corrected chi connectivity index (χ3v) is 2.63. The zero-order chi connectivity index (χ0) is 11.6. The van der Waals surface area contributed by atoms with Gasteiger partial charge in [-0.2, -0.15) is 4.39 Å². The smallest absolute Gasteiger partial charge is 0.309 e. The van der Waals surface area contributed by atoms with E-state index in [0.29, 0.717) is 0 Å². The van der Waals surface area contributed by atoms with Gasteiger partial charge in [-0.1, -0.05) is 0 Å². The molecule has 0 fully saturated rings. The van der Waals surface area contributed by atoms with Gasteiger partial charge in [0.05, 0.1) is 15.7 Å². The lowest BCUT2D eigenvalue weighted by atomic mass is 10.2. The second-order valence-corrected chi connectivity index (χ2v) is 3.76. The molecule has 7 heteroatoms. The summed E-state index contributed by atoms with van der Waals surface area (Å²) < 4.78 is 37.5. The Labute approximate surface area is 96.5 Å². The topological polar surface area (TPSA) is 50.2 Å². The van der Waals surface area contributed by atoms with E-state index in [0.717, 1.165) is 6.07 Å². The quantitative estimate of drug-likeness (QED) is 0.684. The molecule has 15 heavy (non-hydrogen) atoms. The number of alkyl halides is 2. The molecule has 0 saturated heterocycles. The molecule has 1 aromatic heterocycles. The van der Waals surface area contributed by atoms with Gasteiger partial charge in [-0.25, -0.2) is 13.8 Å². The molecule has 0 aliphatic heterocycles. The van der Waals surface area contributed by atoms with E-state index in [1.54, 1.807) is 0 Å². The van der Waals surface area contributed by atoms with Crippen LogP contribution in [0, 0.1) is 9.52 Å². The highest BCUT2D eigenvalue weighted by molar-refractivity contribution is 14.1. The maximum Gasteiger partial charge on any atom is 0.309 e. The van der Waals surface area contributed by atoms with Gasteiger partial charge in [-0.3, -0.25) is 4.79 Å². The molecule has 1 heterocycles. The molecule has 1 N–H and O–H groups in total. The summed E-state index contributed by atoms with van der Waals surface area (Å²) in [5.41, 5.74) is -0.741. The molecule has 1 aromatic rings. The monoisotopic (exact) mass is 331 g/mol. The Kier molecular flexibility index (Phi) is 3.89. The van der Waals surface area contributed by atoms with E-state index < -0.39 is 30.3 Å². The first-order valence-electron chi connectivity index (χ1n) is 3.76. The number of aliphatic carboxylic acids is 1. The van der Waals surface area contributed by atoms with Crippen LogP contribution in [0.25, 0.3) is 0 Å². The average Bonchev–Trinajstić information content (AvgIpc) is 2.09. The fourth-order valence-corrected chi connectivity index (χ4v) is 1.49. The maximum atomic E-state index is 13.0. The van der Waals surface area contributed by atoms with Crippen molar-refractivity contribution in [2.75, 3.05) is 0 Å². The van der Waals surface area contributed by atoms with E-state index in [2.05, 4.69) is 4.98 Å². The van der Waals surface area contributed by atoms with Crippen molar-refractivity contribution in [1.29, 1.82) is 0 Å². The molecule has 82 valence electrons. The van der Waals surface area contributed by atoms with Crippen LogP contribution in [0.5, 0.6) is 0 Å². The maximum absolute atomic E-state index is 13.0. The first-order valence-corrected chi connectivity index (χ1v) is 4.84. The number of halogens is 4. The molecule has 0 saturated carbocycles. The average molecular weight is 331 g/mol. The number of carboxylic acids is 1. The van der Waals surface area contributed by atoms with Crippen molar-refractivity contribution in [2.45, 2.75) is 12.8 Å². The molecule has 0 aromatic carbocycles. The van der Waals surface area contributed by atoms with Gasteiger partial charge in [-0.05, 0) is 28.7 Å². The highest BCUT2D eigenvalue weighted by Crippen LogP contribution is 2.26. The summed E-state index contributed by atoms with van der Waals surface area (Å²) in [4.78, 5) is 13.6. The van der Waals surface area contributed by atoms with Crippen LogP contribution in [0.15, 0.2) is 6.07 Å². The third-order valence-electron chi connectivity index (χ3n) is 1.57. The largest absolute Gasteiger partial charge is 0.481 e. The van der Waals surface area contributed by atoms with Gasteiger partial charge in [0.1, 0.15) is 0 Å². The zero-order valence-electron chi connectivity index (χ0n) is 7.18.